The Labute approximate surface area is 67.0 Å². The number of primary amides is 1. The standard InChI is InChI=1S/C8H15NO2/c1-3-6(2)4-5-7(10)8(9)11/h6H,3-5H2,1-2H3,(H2,9,11). The van der Waals surface area contributed by atoms with Crippen LogP contribution in [0.3, 0.4) is 0 Å². The molecule has 0 saturated heterocycles. The molecule has 1 atom stereocenters. The molecule has 0 spiro atoms. The molecule has 3 heteroatoms. The smallest absolute Gasteiger partial charge is 0.284 e. The third kappa shape index (κ3) is 4.53. The lowest BCUT2D eigenvalue weighted by Crippen LogP contribution is -2.23. The minimum atomic E-state index is -0.812. The molecule has 1 amide bonds. The molecule has 2 N–H and O–H groups in total. The number of rotatable bonds is 5. The maximum atomic E-state index is 10.7. The van der Waals surface area contributed by atoms with E-state index in [1.165, 1.54) is 0 Å². The van der Waals surface area contributed by atoms with Crippen molar-refractivity contribution in [1.29, 1.82) is 0 Å². The van der Waals surface area contributed by atoms with Gasteiger partial charge in [0.25, 0.3) is 5.91 Å². The Hall–Kier alpha value is -0.860. The third-order valence-electron chi connectivity index (χ3n) is 1.84. The number of carbonyl (C=O) groups is 2. The van der Waals surface area contributed by atoms with Gasteiger partial charge in [-0.3, -0.25) is 9.59 Å². The van der Waals surface area contributed by atoms with Crippen LogP contribution in [0, 0.1) is 5.92 Å². The van der Waals surface area contributed by atoms with Crippen molar-refractivity contribution < 1.29 is 9.59 Å². The van der Waals surface area contributed by atoms with Crippen molar-refractivity contribution in [1.82, 2.24) is 0 Å². The summed E-state index contributed by atoms with van der Waals surface area (Å²) in [4.78, 5) is 21.0. The molecule has 0 aromatic carbocycles. The fourth-order valence-electron chi connectivity index (χ4n) is 0.705. The maximum Gasteiger partial charge on any atom is 0.284 e. The molecule has 0 radical (unpaired) electrons. The molecule has 0 fully saturated rings. The molecular formula is C8H15NO2. The summed E-state index contributed by atoms with van der Waals surface area (Å²) < 4.78 is 0. The van der Waals surface area contributed by atoms with E-state index >= 15 is 0 Å². The topological polar surface area (TPSA) is 60.2 Å². The number of amides is 1. The molecule has 0 rings (SSSR count). The van der Waals surface area contributed by atoms with Crippen LogP contribution in [-0.4, -0.2) is 11.7 Å². The number of hydrogen-bond acceptors (Lipinski definition) is 2. The van der Waals surface area contributed by atoms with Crippen molar-refractivity contribution in [3.05, 3.63) is 0 Å². The SMILES string of the molecule is CCC(C)CCC(=O)C(N)=O. The van der Waals surface area contributed by atoms with Crippen LogP contribution >= 0.6 is 0 Å². The highest BCUT2D eigenvalue weighted by Gasteiger charge is 2.09. The summed E-state index contributed by atoms with van der Waals surface area (Å²) in [5.41, 5.74) is 4.78. The second kappa shape index (κ2) is 4.88. The van der Waals surface area contributed by atoms with Gasteiger partial charge in [0.2, 0.25) is 5.78 Å². The molecule has 0 heterocycles. The van der Waals surface area contributed by atoms with E-state index in [1.807, 2.05) is 6.92 Å². The van der Waals surface area contributed by atoms with Crippen molar-refractivity contribution in [3.63, 3.8) is 0 Å². The Morgan fingerprint density at radius 3 is 2.36 bits per heavy atom. The fourth-order valence-corrected chi connectivity index (χ4v) is 0.705. The van der Waals surface area contributed by atoms with Gasteiger partial charge in [0, 0.05) is 6.42 Å². The number of hydrogen-bond donors (Lipinski definition) is 1. The van der Waals surface area contributed by atoms with E-state index < -0.39 is 11.7 Å². The van der Waals surface area contributed by atoms with Crippen LogP contribution in [0.5, 0.6) is 0 Å². The molecule has 0 aliphatic heterocycles. The predicted octanol–water partition coefficient (Wildman–Crippen LogP) is 0.867. The zero-order valence-electron chi connectivity index (χ0n) is 7.09. The molecule has 11 heavy (non-hydrogen) atoms. The molecule has 0 aliphatic rings. The molecule has 0 aliphatic carbocycles. The van der Waals surface area contributed by atoms with E-state index in [1.54, 1.807) is 0 Å². The molecule has 1 unspecified atom stereocenters. The van der Waals surface area contributed by atoms with Crippen LogP contribution in [0.2, 0.25) is 0 Å². The quantitative estimate of drug-likeness (QED) is 0.602. The van der Waals surface area contributed by atoms with E-state index in [9.17, 15) is 9.59 Å². The van der Waals surface area contributed by atoms with Gasteiger partial charge in [-0.1, -0.05) is 20.3 Å². The normalized spacial score (nSPS) is 12.5. The molecule has 0 bridgehead atoms. The van der Waals surface area contributed by atoms with Crippen LogP contribution in [0.4, 0.5) is 0 Å². The Balaban J connectivity index is 3.54. The van der Waals surface area contributed by atoms with E-state index in [-0.39, 0.29) is 0 Å². The fraction of sp³-hybridized carbons (Fsp3) is 0.750. The highest BCUT2D eigenvalue weighted by atomic mass is 16.2. The van der Waals surface area contributed by atoms with Crippen LogP contribution < -0.4 is 5.73 Å². The minimum absolute atomic E-state index is 0.296. The summed E-state index contributed by atoms with van der Waals surface area (Å²) >= 11 is 0. The van der Waals surface area contributed by atoms with Crippen molar-refractivity contribution in [2.75, 3.05) is 0 Å². The summed E-state index contributed by atoms with van der Waals surface area (Å²) in [5, 5.41) is 0. The number of nitrogens with two attached hydrogens (primary N) is 1. The average Bonchev–Trinajstić information content (AvgIpc) is 1.99. The van der Waals surface area contributed by atoms with E-state index in [0.717, 1.165) is 12.8 Å². The largest absolute Gasteiger partial charge is 0.363 e. The first-order chi connectivity index (χ1) is 5.07. The first-order valence-corrected chi connectivity index (χ1v) is 3.90. The Morgan fingerprint density at radius 1 is 1.45 bits per heavy atom. The van der Waals surface area contributed by atoms with Crippen molar-refractivity contribution >= 4 is 11.7 Å². The molecular weight excluding hydrogens is 142 g/mol. The Morgan fingerprint density at radius 2 is 2.00 bits per heavy atom. The van der Waals surface area contributed by atoms with E-state index in [0.29, 0.717) is 12.3 Å². The summed E-state index contributed by atoms with van der Waals surface area (Å²) in [5.74, 6) is -0.767. The second-order valence-corrected chi connectivity index (χ2v) is 2.84. The van der Waals surface area contributed by atoms with Crippen molar-refractivity contribution in [2.45, 2.75) is 33.1 Å². The van der Waals surface area contributed by atoms with Gasteiger partial charge < -0.3 is 5.73 Å². The van der Waals surface area contributed by atoms with E-state index in [4.69, 9.17) is 5.73 Å². The van der Waals surface area contributed by atoms with Crippen LogP contribution in [0.1, 0.15) is 33.1 Å². The van der Waals surface area contributed by atoms with E-state index in [2.05, 4.69) is 6.92 Å². The van der Waals surface area contributed by atoms with Crippen molar-refractivity contribution in [3.8, 4) is 0 Å². The van der Waals surface area contributed by atoms with Gasteiger partial charge in [-0.05, 0) is 12.3 Å². The van der Waals surface area contributed by atoms with Crippen LogP contribution in [0.25, 0.3) is 0 Å². The van der Waals surface area contributed by atoms with Gasteiger partial charge in [-0.15, -0.1) is 0 Å². The number of ketones is 1. The third-order valence-corrected chi connectivity index (χ3v) is 1.84. The first-order valence-electron chi connectivity index (χ1n) is 3.90. The first kappa shape index (κ1) is 10.1. The molecule has 3 nitrogen and oxygen atoms in total. The predicted molar refractivity (Wildman–Crippen MR) is 42.9 cm³/mol. The zero-order valence-corrected chi connectivity index (χ0v) is 7.09. The monoisotopic (exact) mass is 157 g/mol. The Bertz CT molecular complexity index is 154. The van der Waals surface area contributed by atoms with Crippen LogP contribution in [0.15, 0.2) is 0 Å². The van der Waals surface area contributed by atoms with Crippen molar-refractivity contribution in [2.24, 2.45) is 11.7 Å². The highest BCUT2D eigenvalue weighted by molar-refractivity contribution is 6.35. The van der Waals surface area contributed by atoms with Crippen LogP contribution in [-0.2, 0) is 9.59 Å². The average molecular weight is 157 g/mol. The lowest BCUT2D eigenvalue weighted by atomic mass is 10.0. The van der Waals surface area contributed by atoms with Gasteiger partial charge >= 0.3 is 0 Å². The highest BCUT2D eigenvalue weighted by Crippen LogP contribution is 2.08. The molecule has 0 saturated carbocycles. The second-order valence-electron chi connectivity index (χ2n) is 2.84. The Kier molecular flexibility index (Phi) is 4.50. The molecule has 0 aromatic heterocycles. The number of Topliss-reactive ketones (excluding diaryl/α,β-unsaturated/α-hetero) is 1. The van der Waals surface area contributed by atoms with Gasteiger partial charge in [-0.25, -0.2) is 0 Å². The summed E-state index contributed by atoms with van der Waals surface area (Å²) in [7, 11) is 0. The summed E-state index contributed by atoms with van der Waals surface area (Å²) in [6.45, 7) is 4.10. The minimum Gasteiger partial charge on any atom is -0.363 e. The lowest BCUT2D eigenvalue weighted by Gasteiger charge is -2.04. The lowest BCUT2D eigenvalue weighted by molar-refractivity contribution is -0.136. The summed E-state index contributed by atoms with van der Waals surface area (Å²) in [6.07, 6.45) is 2.09. The number of carbonyl (C=O) groups excluding carboxylic acids is 2. The maximum absolute atomic E-state index is 10.7. The molecule has 0 aromatic rings. The van der Waals surface area contributed by atoms with Gasteiger partial charge in [0.05, 0.1) is 0 Å². The molecule has 64 valence electrons. The summed E-state index contributed by atoms with van der Waals surface area (Å²) in [6, 6.07) is 0. The van der Waals surface area contributed by atoms with Gasteiger partial charge in [-0.2, -0.15) is 0 Å². The zero-order chi connectivity index (χ0) is 8.85. The van der Waals surface area contributed by atoms with Gasteiger partial charge in [0.1, 0.15) is 0 Å². The van der Waals surface area contributed by atoms with Gasteiger partial charge in [0.15, 0.2) is 0 Å².